The van der Waals surface area contributed by atoms with E-state index < -0.39 is 13.0 Å². The summed E-state index contributed by atoms with van der Waals surface area (Å²) in [6.45, 7) is 0.256. The van der Waals surface area contributed by atoms with Gasteiger partial charge in [-0.15, -0.1) is 0 Å². The summed E-state index contributed by atoms with van der Waals surface area (Å²) >= 11 is 0. The number of halogens is 2. The summed E-state index contributed by atoms with van der Waals surface area (Å²) in [6, 6.07) is 6.71. The van der Waals surface area contributed by atoms with Gasteiger partial charge in [-0.25, -0.2) is 8.78 Å². The first-order chi connectivity index (χ1) is 9.11. The van der Waals surface area contributed by atoms with Gasteiger partial charge in [0.2, 0.25) is 5.91 Å². The van der Waals surface area contributed by atoms with Crippen LogP contribution in [-0.4, -0.2) is 32.0 Å². The SMILES string of the molecule is NCC1CC(=O)N(c2ccccc2OCC(F)F)C1. The first kappa shape index (κ1) is 13.7. The number of ether oxygens (including phenoxy) is 1. The number of amides is 1. The first-order valence-electron chi connectivity index (χ1n) is 6.12. The van der Waals surface area contributed by atoms with Gasteiger partial charge >= 0.3 is 0 Å². The van der Waals surface area contributed by atoms with E-state index in [1.165, 1.54) is 0 Å². The van der Waals surface area contributed by atoms with Crippen LogP contribution in [0.15, 0.2) is 24.3 Å². The second kappa shape index (κ2) is 5.97. The predicted octanol–water partition coefficient (Wildman–Crippen LogP) is 1.64. The number of carbonyl (C=O) groups excluding carboxylic acids is 1. The lowest BCUT2D eigenvalue weighted by Gasteiger charge is -2.20. The Balaban J connectivity index is 2.17. The molecule has 1 heterocycles. The van der Waals surface area contributed by atoms with Crippen molar-refractivity contribution >= 4 is 11.6 Å². The highest BCUT2D eigenvalue weighted by Gasteiger charge is 2.31. The van der Waals surface area contributed by atoms with E-state index in [2.05, 4.69) is 0 Å². The smallest absolute Gasteiger partial charge is 0.272 e. The summed E-state index contributed by atoms with van der Waals surface area (Å²) in [4.78, 5) is 13.5. The molecule has 1 saturated heterocycles. The van der Waals surface area contributed by atoms with Gasteiger partial charge in [0.15, 0.2) is 0 Å². The molecule has 0 aliphatic carbocycles. The number of hydrogen-bond donors (Lipinski definition) is 1. The van der Waals surface area contributed by atoms with Crippen LogP contribution in [0.2, 0.25) is 0 Å². The molecule has 2 N–H and O–H groups in total. The Kier molecular flexibility index (Phi) is 4.31. The summed E-state index contributed by atoms with van der Waals surface area (Å²) in [7, 11) is 0. The van der Waals surface area contributed by atoms with Crippen molar-refractivity contribution in [2.24, 2.45) is 11.7 Å². The summed E-state index contributed by atoms with van der Waals surface area (Å²) in [6.07, 6.45) is -2.15. The van der Waals surface area contributed by atoms with Crippen molar-refractivity contribution < 1.29 is 18.3 Å². The van der Waals surface area contributed by atoms with Crippen molar-refractivity contribution in [3.63, 3.8) is 0 Å². The third-order valence-electron chi connectivity index (χ3n) is 3.06. The molecule has 0 spiro atoms. The number of benzene rings is 1. The number of rotatable bonds is 5. The maximum atomic E-state index is 12.2. The zero-order valence-corrected chi connectivity index (χ0v) is 10.4. The van der Waals surface area contributed by atoms with Crippen LogP contribution >= 0.6 is 0 Å². The molecule has 6 heteroatoms. The largest absolute Gasteiger partial charge is 0.485 e. The molecule has 2 rings (SSSR count). The van der Waals surface area contributed by atoms with Gasteiger partial charge in [0, 0.05) is 13.0 Å². The van der Waals surface area contributed by atoms with Gasteiger partial charge in [0.1, 0.15) is 12.4 Å². The lowest BCUT2D eigenvalue weighted by molar-refractivity contribution is -0.117. The molecule has 0 aromatic heterocycles. The fourth-order valence-corrected chi connectivity index (χ4v) is 2.13. The third kappa shape index (κ3) is 3.20. The van der Waals surface area contributed by atoms with E-state index in [0.29, 0.717) is 30.9 Å². The van der Waals surface area contributed by atoms with Gasteiger partial charge in [0.05, 0.1) is 5.69 Å². The van der Waals surface area contributed by atoms with E-state index in [9.17, 15) is 13.6 Å². The topological polar surface area (TPSA) is 55.6 Å². The molecule has 1 aromatic rings. The highest BCUT2D eigenvalue weighted by Crippen LogP contribution is 2.32. The minimum atomic E-state index is -2.54. The second-order valence-electron chi connectivity index (χ2n) is 4.48. The molecular weight excluding hydrogens is 254 g/mol. The van der Waals surface area contributed by atoms with Gasteiger partial charge in [0.25, 0.3) is 6.43 Å². The molecule has 0 saturated carbocycles. The number of hydrogen-bond acceptors (Lipinski definition) is 3. The van der Waals surface area contributed by atoms with E-state index in [1.54, 1.807) is 29.2 Å². The molecule has 19 heavy (non-hydrogen) atoms. The number of carbonyl (C=O) groups is 1. The minimum absolute atomic E-state index is 0.0523. The van der Waals surface area contributed by atoms with Crippen molar-refractivity contribution in [3.05, 3.63) is 24.3 Å². The molecule has 1 aliphatic heterocycles. The lowest BCUT2D eigenvalue weighted by atomic mass is 10.1. The number of nitrogens with two attached hydrogens (primary N) is 1. The van der Waals surface area contributed by atoms with Crippen molar-refractivity contribution in [1.29, 1.82) is 0 Å². The zero-order valence-electron chi connectivity index (χ0n) is 10.4. The van der Waals surface area contributed by atoms with Crippen molar-refractivity contribution in [2.45, 2.75) is 12.8 Å². The van der Waals surface area contributed by atoms with E-state index in [4.69, 9.17) is 10.5 Å². The molecule has 104 valence electrons. The van der Waals surface area contributed by atoms with E-state index in [1.807, 2.05) is 0 Å². The van der Waals surface area contributed by atoms with Gasteiger partial charge in [-0.2, -0.15) is 0 Å². The fourth-order valence-electron chi connectivity index (χ4n) is 2.13. The summed E-state index contributed by atoms with van der Waals surface area (Å²) in [5.41, 5.74) is 6.10. The Bertz CT molecular complexity index is 454. The Hall–Kier alpha value is -1.69. The summed E-state index contributed by atoms with van der Waals surface area (Å²) in [5.74, 6) is 0.355. The Labute approximate surface area is 110 Å². The Morgan fingerprint density at radius 2 is 2.16 bits per heavy atom. The monoisotopic (exact) mass is 270 g/mol. The first-order valence-corrected chi connectivity index (χ1v) is 6.12. The summed E-state index contributed by atoms with van der Waals surface area (Å²) < 4.78 is 29.5. The predicted molar refractivity (Wildman–Crippen MR) is 67.5 cm³/mol. The van der Waals surface area contributed by atoms with Crippen LogP contribution in [0.1, 0.15) is 6.42 Å². The fraction of sp³-hybridized carbons (Fsp3) is 0.462. The Morgan fingerprint density at radius 1 is 1.42 bits per heavy atom. The van der Waals surface area contributed by atoms with Crippen LogP contribution in [0.4, 0.5) is 14.5 Å². The molecule has 1 unspecified atom stereocenters. The molecule has 0 radical (unpaired) electrons. The maximum Gasteiger partial charge on any atom is 0.272 e. The average Bonchev–Trinajstić information content (AvgIpc) is 2.78. The van der Waals surface area contributed by atoms with Gasteiger partial charge in [-0.3, -0.25) is 4.79 Å². The van der Waals surface area contributed by atoms with Crippen LogP contribution in [0.25, 0.3) is 0 Å². The Morgan fingerprint density at radius 3 is 2.79 bits per heavy atom. The molecule has 1 fully saturated rings. The van der Waals surface area contributed by atoms with Crippen molar-refractivity contribution in [1.82, 2.24) is 0 Å². The molecule has 0 bridgehead atoms. The molecule has 1 atom stereocenters. The van der Waals surface area contributed by atoms with E-state index in [-0.39, 0.29) is 11.8 Å². The van der Waals surface area contributed by atoms with Gasteiger partial charge in [-0.1, -0.05) is 12.1 Å². The molecule has 1 aromatic carbocycles. The molecule has 1 aliphatic rings. The number of alkyl halides is 2. The van der Waals surface area contributed by atoms with Gasteiger partial charge in [-0.05, 0) is 24.6 Å². The van der Waals surface area contributed by atoms with Crippen LogP contribution in [0.5, 0.6) is 5.75 Å². The molecule has 4 nitrogen and oxygen atoms in total. The van der Waals surface area contributed by atoms with Crippen molar-refractivity contribution in [3.8, 4) is 5.75 Å². The summed E-state index contributed by atoms with van der Waals surface area (Å²) in [5, 5.41) is 0. The van der Waals surface area contributed by atoms with Crippen LogP contribution in [0, 0.1) is 5.92 Å². The average molecular weight is 270 g/mol. The standard InChI is InChI=1S/C13H16F2N2O2/c14-12(15)8-19-11-4-2-1-3-10(11)17-7-9(6-16)5-13(17)18/h1-4,9,12H,5-8,16H2. The quantitative estimate of drug-likeness (QED) is 0.885. The van der Waals surface area contributed by atoms with Crippen LogP contribution < -0.4 is 15.4 Å². The van der Waals surface area contributed by atoms with Gasteiger partial charge < -0.3 is 15.4 Å². The normalized spacial score (nSPS) is 19.3. The van der Waals surface area contributed by atoms with Crippen molar-refractivity contribution in [2.75, 3.05) is 24.6 Å². The van der Waals surface area contributed by atoms with Crippen LogP contribution in [-0.2, 0) is 4.79 Å². The number of para-hydroxylation sites is 2. The third-order valence-corrected chi connectivity index (χ3v) is 3.06. The molecular formula is C13H16F2N2O2. The maximum absolute atomic E-state index is 12.2. The lowest BCUT2D eigenvalue weighted by Crippen LogP contribution is -2.26. The van der Waals surface area contributed by atoms with E-state index >= 15 is 0 Å². The highest BCUT2D eigenvalue weighted by molar-refractivity contribution is 5.97. The molecule has 1 amide bonds. The second-order valence-corrected chi connectivity index (χ2v) is 4.48. The van der Waals surface area contributed by atoms with E-state index in [0.717, 1.165) is 0 Å². The zero-order chi connectivity index (χ0) is 13.8. The number of anilines is 1. The number of nitrogens with zero attached hydrogens (tertiary/aromatic N) is 1. The highest BCUT2D eigenvalue weighted by atomic mass is 19.3. The van der Waals surface area contributed by atoms with Crippen LogP contribution in [0.3, 0.4) is 0 Å². The minimum Gasteiger partial charge on any atom is -0.485 e.